The number of carbonyl (C=O) groups excluding carboxylic acids is 1. The van der Waals surface area contributed by atoms with E-state index < -0.39 is 5.60 Å². The molecule has 1 aromatic heterocycles. The van der Waals surface area contributed by atoms with Gasteiger partial charge >= 0.3 is 0 Å². The lowest BCUT2D eigenvalue weighted by atomic mass is 9.83. The first kappa shape index (κ1) is 25.7. The van der Waals surface area contributed by atoms with Gasteiger partial charge in [-0.1, -0.05) is 84.0 Å². The third-order valence-electron chi connectivity index (χ3n) is 7.50. The number of ether oxygens (including phenoxy) is 1. The number of nitrogens with two attached hydrogens (primary N) is 2. The van der Waals surface area contributed by atoms with Crippen molar-refractivity contribution in [3.05, 3.63) is 89.1 Å². The van der Waals surface area contributed by atoms with E-state index in [1.807, 2.05) is 72.8 Å². The number of fused-ring (bicyclic) bond motifs is 1. The second-order valence-electron chi connectivity index (χ2n) is 9.90. The molecule has 2 aliphatic rings. The van der Waals surface area contributed by atoms with Gasteiger partial charge in [0, 0.05) is 48.9 Å². The summed E-state index contributed by atoms with van der Waals surface area (Å²) >= 11 is 8.11. The van der Waals surface area contributed by atoms with E-state index in [9.17, 15) is 4.79 Å². The molecule has 6 rings (SSSR count). The summed E-state index contributed by atoms with van der Waals surface area (Å²) < 4.78 is 6.38. The average Bonchev–Trinajstić information content (AvgIpc) is 3.22. The topological polar surface area (TPSA) is 107 Å². The molecule has 0 radical (unpaired) electrons. The minimum absolute atomic E-state index is 0.176. The van der Waals surface area contributed by atoms with Crippen molar-refractivity contribution in [1.82, 2.24) is 9.97 Å². The summed E-state index contributed by atoms with van der Waals surface area (Å²) in [6.07, 6.45) is 1.39. The summed E-state index contributed by atoms with van der Waals surface area (Å²) in [6.45, 7) is 2.74. The summed E-state index contributed by atoms with van der Waals surface area (Å²) in [6, 6.07) is 23.5. The molecule has 1 saturated heterocycles. The number of aromatic nitrogens is 2. The van der Waals surface area contributed by atoms with Crippen LogP contribution >= 0.6 is 23.4 Å². The van der Waals surface area contributed by atoms with Gasteiger partial charge < -0.3 is 21.1 Å². The molecule has 1 spiro atoms. The maximum absolute atomic E-state index is 12.7. The van der Waals surface area contributed by atoms with Gasteiger partial charge in [-0.25, -0.2) is 9.97 Å². The molecule has 0 amide bonds. The normalized spacial score (nSPS) is 17.6. The number of halogens is 1. The number of carbonyl (C=O) groups is 1. The number of hydrogen-bond donors (Lipinski definition) is 2. The zero-order valence-electron chi connectivity index (χ0n) is 21.4. The lowest BCUT2D eigenvalue weighted by molar-refractivity contribution is 0.0430. The molecule has 0 aliphatic carbocycles. The van der Waals surface area contributed by atoms with E-state index in [2.05, 4.69) is 9.88 Å². The van der Waals surface area contributed by atoms with E-state index in [0.29, 0.717) is 41.8 Å². The Labute approximate surface area is 236 Å². The van der Waals surface area contributed by atoms with E-state index in [0.717, 1.165) is 27.3 Å². The number of benzene rings is 3. The fraction of sp³-hybridized carbons (Fsp3) is 0.233. The van der Waals surface area contributed by atoms with Crippen LogP contribution in [0.1, 0.15) is 41.9 Å². The molecule has 0 saturated carbocycles. The van der Waals surface area contributed by atoms with Gasteiger partial charge in [-0.2, -0.15) is 0 Å². The smallest absolute Gasteiger partial charge is 0.181 e. The molecular weight excluding hydrogens is 530 g/mol. The van der Waals surface area contributed by atoms with Gasteiger partial charge in [0.05, 0.1) is 11.1 Å². The van der Waals surface area contributed by atoms with Crippen LogP contribution in [0.15, 0.2) is 82.7 Å². The number of rotatable bonds is 5. The van der Waals surface area contributed by atoms with E-state index in [4.69, 9.17) is 32.8 Å². The lowest BCUT2D eigenvalue weighted by Crippen LogP contribution is -2.52. The van der Waals surface area contributed by atoms with Crippen molar-refractivity contribution in [2.45, 2.75) is 41.3 Å². The SMILES string of the molecule is CC(=O)c1nc(Sc2cccc(-c3ccccc3)c2Cl)c(N)nc1N1CCC2(CC1)Oc1ccccc1[C@H]2N. The van der Waals surface area contributed by atoms with Crippen LogP contribution in [-0.4, -0.2) is 34.4 Å². The Bertz CT molecular complexity index is 1560. The first-order valence-corrected chi connectivity index (χ1v) is 14.0. The average molecular weight is 558 g/mol. The molecule has 39 heavy (non-hydrogen) atoms. The van der Waals surface area contributed by atoms with Crippen molar-refractivity contribution >= 4 is 40.8 Å². The quantitative estimate of drug-likeness (QED) is 0.281. The zero-order chi connectivity index (χ0) is 27.1. The monoisotopic (exact) mass is 557 g/mol. The van der Waals surface area contributed by atoms with E-state index in [1.165, 1.54) is 18.7 Å². The van der Waals surface area contributed by atoms with Gasteiger partial charge in [-0.3, -0.25) is 4.79 Å². The third kappa shape index (κ3) is 4.62. The van der Waals surface area contributed by atoms with Gasteiger partial charge in [-0.15, -0.1) is 0 Å². The minimum Gasteiger partial charge on any atom is -0.485 e. The highest BCUT2D eigenvalue weighted by molar-refractivity contribution is 7.99. The van der Waals surface area contributed by atoms with Gasteiger partial charge in [0.2, 0.25) is 0 Å². The van der Waals surface area contributed by atoms with Gasteiger partial charge in [-0.05, 0) is 17.7 Å². The largest absolute Gasteiger partial charge is 0.485 e. The molecule has 198 valence electrons. The molecule has 0 bridgehead atoms. The third-order valence-corrected chi connectivity index (χ3v) is 9.08. The minimum atomic E-state index is -0.466. The Kier molecular flexibility index (Phi) is 6.71. The summed E-state index contributed by atoms with van der Waals surface area (Å²) in [4.78, 5) is 24.9. The Balaban J connectivity index is 1.26. The van der Waals surface area contributed by atoms with Crippen LogP contribution in [0.3, 0.4) is 0 Å². The number of nitrogen functional groups attached to an aromatic ring is 1. The molecule has 7 nitrogen and oxygen atoms in total. The Hall–Kier alpha value is -3.59. The van der Waals surface area contributed by atoms with Crippen LogP contribution < -0.4 is 21.1 Å². The Morgan fingerprint density at radius 1 is 1.03 bits per heavy atom. The van der Waals surface area contributed by atoms with Crippen LogP contribution in [0.2, 0.25) is 5.02 Å². The fourth-order valence-electron chi connectivity index (χ4n) is 5.40. The predicted molar refractivity (Wildman–Crippen MR) is 156 cm³/mol. The van der Waals surface area contributed by atoms with Crippen molar-refractivity contribution in [2.75, 3.05) is 23.7 Å². The molecule has 3 heterocycles. The zero-order valence-corrected chi connectivity index (χ0v) is 23.0. The van der Waals surface area contributed by atoms with Crippen molar-refractivity contribution < 1.29 is 9.53 Å². The number of piperidine rings is 1. The highest BCUT2D eigenvalue weighted by atomic mass is 35.5. The molecular formula is C30H28ClN5O2S. The van der Waals surface area contributed by atoms with E-state index in [-0.39, 0.29) is 23.3 Å². The number of ketones is 1. The highest BCUT2D eigenvalue weighted by Gasteiger charge is 2.48. The summed E-state index contributed by atoms with van der Waals surface area (Å²) in [5.41, 5.74) is 15.8. The van der Waals surface area contributed by atoms with Crippen LogP contribution in [0, 0.1) is 0 Å². The second kappa shape index (κ2) is 10.2. The molecule has 1 atom stereocenters. The molecule has 4 aromatic rings. The van der Waals surface area contributed by atoms with Crippen LogP contribution in [-0.2, 0) is 0 Å². The predicted octanol–water partition coefficient (Wildman–Crippen LogP) is 6.16. The number of hydrogen-bond acceptors (Lipinski definition) is 8. The molecule has 1 fully saturated rings. The molecule has 3 aromatic carbocycles. The summed E-state index contributed by atoms with van der Waals surface area (Å²) in [7, 11) is 0. The van der Waals surface area contributed by atoms with Crippen LogP contribution in [0.25, 0.3) is 11.1 Å². The van der Waals surface area contributed by atoms with E-state index >= 15 is 0 Å². The molecule has 4 N–H and O–H groups in total. The fourth-order valence-corrected chi connectivity index (χ4v) is 6.59. The summed E-state index contributed by atoms with van der Waals surface area (Å²) in [5, 5.41) is 1.04. The summed E-state index contributed by atoms with van der Waals surface area (Å²) in [5.74, 6) is 1.42. The molecule has 0 unspecified atom stereocenters. The standard InChI is InChI=1S/C30H28ClN5O2S/c1-18(37)25-28(36-16-14-30(15-17-36)26(32)21-10-5-6-12-22(21)38-30)35-27(33)29(34-25)39-23-13-7-11-20(24(23)31)19-8-3-2-4-9-19/h2-13,26H,14-17,32H2,1H3,(H2,33,35)/t26-/m1/s1. The number of nitrogens with zero attached hydrogens (tertiary/aromatic N) is 3. The van der Waals surface area contributed by atoms with Gasteiger partial charge in [0.15, 0.2) is 17.4 Å². The maximum atomic E-state index is 12.7. The number of Topliss-reactive ketones (excluding diaryl/α,β-unsaturated/α-hetero) is 1. The molecule has 9 heteroatoms. The van der Waals surface area contributed by atoms with Gasteiger partial charge in [0.1, 0.15) is 22.1 Å². The number of anilines is 2. The van der Waals surface area contributed by atoms with Crippen molar-refractivity contribution in [3.63, 3.8) is 0 Å². The van der Waals surface area contributed by atoms with Crippen LogP contribution in [0.5, 0.6) is 5.75 Å². The van der Waals surface area contributed by atoms with E-state index in [1.54, 1.807) is 0 Å². The Morgan fingerprint density at radius 3 is 2.46 bits per heavy atom. The van der Waals surface area contributed by atoms with Crippen molar-refractivity contribution in [1.29, 1.82) is 0 Å². The molecule has 2 aliphatic heterocycles. The highest BCUT2D eigenvalue weighted by Crippen LogP contribution is 2.47. The Morgan fingerprint density at radius 2 is 1.74 bits per heavy atom. The van der Waals surface area contributed by atoms with Crippen molar-refractivity contribution in [3.8, 4) is 16.9 Å². The first-order valence-electron chi connectivity index (χ1n) is 12.8. The maximum Gasteiger partial charge on any atom is 0.181 e. The van der Waals surface area contributed by atoms with Crippen molar-refractivity contribution in [2.24, 2.45) is 5.73 Å². The first-order chi connectivity index (χ1) is 18.9. The van der Waals surface area contributed by atoms with Gasteiger partial charge in [0.25, 0.3) is 0 Å². The van der Waals surface area contributed by atoms with Crippen LogP contribution in [0.4, 0.5) is 11.6 Å². The second-order valence-corrected chi connectivity index (χ2v) is 11.3. The lowest BCUT2D eigenvalue weighted by Gasteiger charge is -2.41. The number of para-hydroxylation sites is 1.